The summed E-state index contributed by atoms with van der Waals surface area (Å²) >= 11 is 0. The molecule has 0 aromatic carbocycles. The maximum absolute atomic E-state index is 7.00. The molecule has 27 heavy (non-hydrogen) atoms. The van der Waals surface area contributed by atoms with Crippen LogP contribution in [0.1, 0.15) is 41.5 Å². The SMILES string of the molecule is C=C/C=C(\C=C)N1CCN(C/C(C=C)=C/C=C(C)C)CC1.CC.CC.CO. The van der Waals surface area contributed by atoms with Crippen molar-refractivity contribution in [2.24, 2.45) is 0 Å². The Morgan fingerprint density at radius 1 is 0.815 bits per heavy atom. The van der Waals surface area contributed by atoms with Crippen molar-refractivity contribution in [3.8, 4) is 0 Å². The van der Waals surface area contributed by atoms with Crippen molar-refractivity contribution in [1.29, 1.82) is 0 Å². The number of aliphatic hydroxyl groups excluding tert-OH is 1. The molecular formula is C24H44N2O. The molecule has 0 atom stereocenters. The average Bonchev–Trinajstić information content (AvgIpc) is 2.74. The van der Waals surface area contributed by atoms with Gasteiger partial charge in [-0.3, -0.25) is 4.90 Å². The predicted octanol–water partition coefficient (Wildman–Crippen LogP) is 5.60. The van der Waals surface area contributed by atoms with Gasteiger partial charge in [0.1, 0.15) is 0 Å². The van der Waals surface area contributed by atoms with Gasteiger partial charge >= 0.3 is 0 Å². The third-order valence-electron chi connectivity index (χ3n) is 3.53. The van der Waals surface area contributed by atoms with Gasteiger partial charge in [-0.2, -0.15) is 0 Å². The summed E-state index contributed by atoms with van der Waals surface area (Å²) in [4.78, 5) is 4.83. The van der Waals surface area contributed by atoms with E-state index in [4.69, 9.17) is 5.11 Å². The highest BCUT2D eigenvalue weighted by Gasteiger charge is 2.17. The van der Waals surface area contributed by atoms with Crippen molar-refractivity contribution in [2.45, 2.75) is 41.5 Å². The van der Waals surface area contributed by atoms with E-state index in [-0.39, 0.29) is 0 Å². The Morgan fingerprint density at radius 3 is 1.70 bits per heavy atom. The fourth-order valence-corrected chi connectivity index (χ4v) is 2.30. The molecule has 3 nitrogen and oxygen atoms in total. The zero-order chi connectivity index (χ0) is 21.7. The lowest BCUT2D eigenvalue weighted by Crippen LogP contribution is -2.46. The second-order valence-electron chi connectivity index (χ2n) is 5.48. The largest absolute Gasteiger partial charge is 0.400 e. The fourth-order valence-electron chi connectivity index (χ4n) is 2.30. The van der Waals surface area contributed by atoms with Gasteiger partial charge in [0, 0.05) is 45.5 Å². The molecule has 0 spiro atoms. The third kappa shape index (κ3) is 15.0. The molecule has 0 saturated carbocycles. The van der Waals surface area contributed by atoms with E-state index >= 15 is 0 Å². The Morgan fingerprint density at radius 2 is 1.33 bits per heavy atom. The zero-order valence-corrected chi connectivity index (χ0v) is 19.0. The summed E-state index contributed by atoms with van der Waals surface area (Å²) in [5, 5.41) is 7.00. The van der Waals surface area contributed by atoms with Gasteiger partial charge in [-0.1, -0.05) is 77.3 Å². The topological polar surface area (TPSA) is 26.7 Å². The number of hydrogen-bond donors (Lipinski definition) is 1. The lowest BCUT2D eigenvalue weighted by molar-refractivity contribution is 0.173. The van der Waals surface area contributed by atoms with E-state index in [1.807, 2.05) is 52.0 Å². The standard InChI is InChI=1S/C19H28N2.2C2H6.CH4O/c1-6-9-19(8-3)21-14-12-20(13-15-21)16-18(7-2)11-10-17(4)5;3*1-2/h6-11H,1-3,12-16H2,4-5H3;2*1-2H3;2H,1H3/b18-11+,19-9+;;;. The van der Waals surface area contributed by atoms with E-state index in [0.29, 0.717) is 0 Å². The minimum absolute atomic E-state index is 0.968. The summed E-state index contributed by atoms with van der Waals surface area (Å²) in [6, 6.07) is 0. The van der Waals surface area contributed by atoms with Crippen LogP contribution < -0.4 is 0 Å². The second-order valence-corrected chi connectivity index (χ2v) is 5.48. The van der Waals surface area contributed by atoms with Gasteiger partial charge in [-0.05, 0) is 31.6 Å². The number of aliphatic hydroxyl groups is 1. The lowest BCUT2D eigenvalue weighted by atomic mass is 10.1. The number of piperazine rings is 1. The first kappa shape index (κ1) is 29.9. The van der Waals surface area contributed by atoms with Crippen LogP contribution in [0.2, 0.25) is 0 Å². The molecule has 0 unspecified atom stereocenters. The lowest BCUT2D eigenvalue weighted by Gasteiger charge is -2.36. The van der Waals surface area contributed by atoms with Crippen LogP contribution in [0.4, 0.5) is 0 Å². The van der Waals surface area contributed by atoms with Crippen LogP contribution >= 0.6 is 0 Å². The molecule has 0 aliphatic carbocycles. The number of allylic oxidation sites excluding steroid dienone is 6. The summed E-state index contributed by atoms with van der Waals surface area (Å²) in [5.41, 5.74) is 3.74. The average molecular weight is 377 g/mol. The molecule has 1 N–H and O–H groups in total. The van der Waals surface area contributed by atoms with E-state index in [0.717, 1.165) is 45.5 Å². The Hall–Kier alpha value is -1.84. The molecule has 3 heteroatoms. The predicted molar refractivity (Wildman–Crippen MR) is 125 cm³/mol. The Bertz CT molecular complexity index is 461. The van der Waals surface area contributed by atoms with Crippen LogP contribution in [0.25, 0.3) is 0 Å². The molecule has 0 aromatic rings. The van der Waals surface area contributed by atoms with E-state index in [1.165, 1.54) is 11.1 Å². The molecule has 1 fully saturated rings. The molecule has 1 aliphatic rings. The summed E-state index contributed by atoms with van der Waals surface area (Å²) in [6.45, 7) is 28.9. The number of hydrogen-bond acceptors (Lipinski definition) is 3. The van der Waals surface area contributed by atoms with Gasteiger partial charge < -0.3 is 10.0 Å². The minimum atomic E-state index is 0.968. The van der Waals surface area contributed by atoms with Crippen molar-refractivity contribution in [3.63, 3.8) is 0 Å². The minimum Gasteiger partial charge on any atom is -0.400 e. The van der Waals surface area contributed by atoms with Crippen molar-refractivity contribution >= 4 is 0 Å². The van der Waals surface area contributed by atoms with Gasteiger partial charge in [0.25, 0.3) is 0 Å². The van der Waals surface area contributed by atoms with Gasteiger partial charge in [0.2, 0.25) is 0 Å². The number of nitrogens with zero attached hydrogens (tertiary/aromatic N) is 2. The molecule has 1 heterocycles. The molecule has 0 radical (unpaired) electrons. The summed E-state index contributed by atoms with van der Waals surface area (Å²) in [7, 11) is 1.00. The molecule has 0 bridgehead atoms. The first-order chi connectivity index (χ1) is 13.1. The molecule has 1 saturated heterocycles. The first-order valence-corrected chi connectivity index (χ1v) is 9.94. The normalized spacial score (nSPS) is 14.1. The fraction of sp³-hybridized carbons (Fsp3) is 0.500. The van der Waals surface area contributed by atoms with E-state index in [2.05, 4.69) is 55.5 Å². The highest BCUT2D eigenvalue weighted by molar-refractivity contribution is 5.25. The Labute approximate surface area is 169 Å². The smallest absolute Gasteiger partial charge is 0.0360 e. The highest BCUT2D eigenvalue weighted by Crippen LogP contribution is 2.12. The first-order valence-electron chi connectivity index (χ1n) is 9.94. The second kappa shape index (κ2) is 22.2. The zero-order valence-electron chi connectivity index (χ0n) is 19.0. The van der Waals surface area contributed by atoms with E-state index in [1.54, 1.807) is 0 Å². The van der Waals surface area contributed by atoms with Gasteiger partial charge in [0.05, 0.1) is 0 Å². The van der Waals surface area contributed by atoms with Gasteiger partial charge in [0.15, 0.2) is 0 Å². The van der Waals surface area contributed by atoms with Crippen molar-refractivity contribution < 1.29 is 5.11 Å². The molecule has 156 valence electrons. The van der Waals surface area contributed by atoms with Crippen LogP contribution in [0.5, 0.6) is 0 Å². The van der Waals surface area contributed by atoms with E-state index < -0.39 is 0 Å². The third-order valence-corrected chi connectivity index (χ3v) is 3.53. The summed E-state index contributed by atoms with van der Waals surface area (Å²) in [5.74, 6) is 0. The Balaban J connectivity index is -0.000000869. The van der Waals surface area contributed by atoms with Crippen LogP contribution in [-0.2, 0) is 0 Å². The quantitative estimate of drug-likeness (QED) is 0.586. The van der Waals surface area contributed by atoms with Crippen molar-refractivity contribution in [2.75, 3.05) is 39.8 Å². The van der Waals surface area contributed by atoms with Crippen LogP contribution in [-0.4, -0.2) is 54.7 Å². The molecule has 0 aromatic heterocycles. The summed E-state index contributed by atoms with van der Waals surface area (Å²) in [6.07, 6.45) is 12.0. The molecule has 1 aliphatic heterocycles. The van der Waals surface area contributed by atoms with Gasteiger partial charge in [-0.15, -0.1) is 0 Å². The van der Waals surface area contributed by atoms with E-state index in [9.17, 15) is 0 Å². The molecular weight excluding hydrogens is 332 g/mol. The molecule has 1 rings (SSSR count). The van der Waals surface area contributed by atoms with Crippen molar-refractivity contribution in [1.82, 2.24) is 9.80 Å². The van der Waals surface area contributed by atoms with Crippen molar-refractivity contribution in [3.05, 3.63) is 73.0 Å². The monoisotopic (exact) mass is 376 g/mol. The maximum atomic E-state index is 7.00. The highest BCUT2D eigenvalue weighted by atomic mass is 16.2. The maximum Gasteiger partial charge on any atom is 0.0360 e. The van der Waals surface area contributed by atoms with Crippen LogP contribution in [0.15, 0.2) is 73.0 Å². The van der Waals surface area contributed by atoms with Gasteiger partial charge in [-0.25, -0.2) is 0 Å². The Kier molecular flexibility index (Phi) is 24.6. The summed E-state index contributed by atoms with van der Waals surface area (Å²) < 4.78 is 0. The van der Waals surface area contributed by atoms with Crippen LogP contribution in [0, 0.1) is 0 Å². The number of rotatable bonds is 7. The van der Waals surface area contributed by atoms with Crippen LogP contribution in [0.3, 0.4) is 0 Å². The molecule has 0 amide bonds.